The fourth-order valence-electron chi connectivity index (χ4n) is 10.5. The molecule has 0 aromatic carbocycles. The molecule has 4 rings (SSSR count). The van der Waals surface area contributed by atoms with E-state index < -0.39 is 83.5 Å². The van der Waals surface area contributed by atoms with E-state index in [1.807, 2.05) is 58.1 Å². The Bertz CT molecular complexity index is 1830. The third-order valence-electron chi connectivity index (χ3n) is 15.0. The number of carbonyl (C=O) groups excluding carboxylic acids is 5. The number of amides is 1. The highest BCUT2D eigenvalue weighted by Gasteiger charge is 2.53. The van der Waals surface area contributed by atoms with Gasteiger partial charge < -0.3 is 48.6 Å². The number of hydrogen-bond donors (Lipinski definition) is 3. The lowest BCUT2D eigenvalue weighted by Gasteiger charge is -2.42. The fraction of sp³-hybridized carbons (Fsp3) is 0.759. The Morgan fingerprint density at radius 3 is 2.28 bits per heavy atom. The quantitative estimate of drug-likeness (QED) is 0.0916. The summed E-state index contributed by atoms with van der Waals surface area (Å²) in [5.74, 6) is -8.46. The van der Waals surface area contributed by atoms with Gasteiger partial charge in [0.1, 0.15) is 30.1 Å². The van der Waals surface area contributed by atoms with Crippen molar-refractivity contribution in [2.45, 2.75) is 187 Å². The summed E-state index contributed by atoms with van der Waals surface area (Å²) in [6.07, 6.45) is 11.1. The number of rotatable bonds is 10. The molecule has 69 heavy (non-hydrogen) atoms. The molecule has 1 saturated carbocycles. The molecule has 15 atom stereocenters. The summed E-state index contributed by atoms with van der Waals surface area (Å²) in [5.41, 5.74) is 1.12. The van der Waals surface area contributed by atoms with Crippen LogP contribution in [0.25, 0.3) is 0 Å². The number of piperidine rings is 1. The van der Waals surface area contributed by atoms with E-state index in [4.69, 9.17) is 28.4 Å². The smallest absolute Gasteiger partial charge is 0.329 e. The second kappa shape index (κ2) is 28.0. The lowest BCUT2D eigenvalue weighted by atomic mass is 9.78. The van der Waals surface area contributed by atoms with Gasteiger partial charge >= 0.3 is 5.97 Å². The van der Waals surface area contributed by atoms with Crippen LogP contribution in [0.1, 0.15) is 132 Å². The van der Waals surface area contributed by atoms with Crippen molar-refractivity contribution in [2.24, 2.45) is 35.5 Å². The number of fused-ring (bicyclic) bond motifs is 3. The normalized spacial score (nSPS) is 38.8. The molecule has 3 heterocycles. The van der Waals surface area contributed by atoms with Crippen molar-refractivity contribution >= 4 is 29.2 Å². The number of aliphatic hydroxyl groups excluding tert-OH is 2. The number of ketones is 3. The minimum atomic E-state index is -2.44. The van der Waals surface area contributed by atoms with E-state index in [2.05, 4.69) is 0 Å². The molecule has 15 heteroatoms. The Labute approximate surface area is 411 Å². The van der Waals surface area contributed by atoms with Gasteiger partial charge in [-0.1, -0.05) is 71.1 Å². The minimum absolute atomic E-state index is 0.0363. The first-order chi connectivity index (χ1) is 32.7. The molecule has 4 aliphatic rings. The molecule has 1 unspecified atom stereocenters. The summed E-state index contributed by atoms with van der Waals surface area (Å²) in [4.78, 5) is 71.8. The number of methoxy groups -OCH3 is 2. The van der Waals surface area contributed by atoms with Gasteiger partial charge in [0.2, 0.25) is 5.79 Å². The number of cyclic esters (lactones) is 1. The minimum Gasteiger partial charge on any atom is -0.460 e. The third-order valence-corrected chi connectivity index (χ3v) is 15.0. The van der Waals surface area contributed by atoms with Crippen LogP contribution in [0.5, 0.6) is 0 Å². The van der Waals surface area contributed by atoms with Crippen molar-refractivity contribution in [3.63, 3.8) is 0 Å². The van der Waals surface area contributed by atoms with Crippen LogP contribution < -0.4 is 0 Å². The maximum Gasteiger partial charge on any atom is 0.329 e. The summed E-state index contributed by atoms with van der Waals surface area (Å²) in [7, 11) is 3.23. The van der Waals surface area contributed by atoms with Crippen molar-refractivity contribution in [2.75, 3.05) is 40.6 Å². The molecule has 1 aliphatic carbocycles. The van der Waals surface area contributed by atoms with Gasteiger partial charge in [0.05, 0.1) is 37.6 Å². The van der Waals surface area contributed by atoms with Gasteiger partial charge in [0.15, 0.2) is 5.78 Å². The number of Topliss-reactive ketones (excluding diaryl/α,β-unsaturated/α-hetero) is 3. The van der Waals surface area contributed by atoms with Crippen LogP contribution in [0.2, 0.25) is 0 Å². The number of nitrogens with zero attached hydrogens (tertiary/aromatic N) is 1. The largest absolute Gasteiger partial charge is 0.460 e. The van der Waals surface area contributed by atoms with Gasteiger partial charge in [-0.2, -0.15) is 0 Å². The molecule has 3 N–H and O–H groups in total. The molecule has 2 bridgehead atoms. The van der Waals surface area contributed by atoms with E-state index in [9.17, 15) is 39.3 Å². The van der Waals surface area contributed by atoms with Crippen molar-refractivity contribution < 1.29 is 67.7 Å². The Hall–Kier alpha value is -3.41. The van der Waals surface area contributed by atoms with Crippen LogP contribution >= 0.6 is 0 Å². The molecule has 0 spiro atoms. The Balaban J connectivity index is 1.67. The zero-order valence-electron chi connectivity index (χ0n) is 43.1. The van der Waals surface area contributed by atoms with Crippen LogP contribution in [0.4, 0.5) is 0 Å². The van der Waals surface area contributed by atoms with Crippen molar-refractivity contribution in [1.82, 2.24) is 4.90 Å². The van der Waals surface area contributed by atoms with Gasteiger partial charge in [0, 0.05) is 58.0 Å². The first-order valence-corrected chi connectivity index (χ1v) is 25.6. The predicted octanol–water partition coefficient (Wildman–Crippen LogP) is 6.59. The molecule has 2 saturated heterocycles. The van der Waals surface area contributed by atoms with Gasteiger partial charge in [-0.05, 0) is 114 Å². The molecular weight excluding hydrogens is 887 g/mol. The molecule has 390 valence electrons. The van der Waals surface area contributed by atoms with E-state index in [1.165, 1.54) is 11.0 Å². The second-order valence-corrected chi connectivity index (χ2v) is 20.4. The van der Waals surface area contributed by atoms with Gasteiger partial charge in [0.25, 0.3) is 11.7 Å². The first kappa shape index (κ1) is 58.2. The van der Waals surface area contributed by atoms with Crippen LogP contribution in [0, 0.1) is 35.5 Å². The fourth-order valence-corrected chi connectivity index (χ4v) is 10.5. The highest BCUT2D eigenvalue weighted by molar-refractivity contribution is 6.39. The van der Waals surface area contributed by atoms with Crippen molar-refractivity contribution in [3.05, 3.63) is 47.6 Å². The third kappa shape index (κ3) is 16.3. The van der Waals surface area contributed by atoms with Crippen molar-refractivity contribution in [3.8, 4) is 0 Å². The average Bonchev–Trinajstić information content (AvgIpc) is 3.33. The maximum absolute atomic E-state index is 14.5. The van der Waals surface area contributed by atoms with Gasteiger partial charge in [-0.15, -0.1) is 0 Å². The number of carbonyl (C=O) groups is 5. The zero-order valence-corrected chi connectivity index (χ0v) is 43.1. The maximum atomic E-state index is 14.5. The SMILES string of the molecule is CCOCCO[C@@H]1CC[C@@H](C[C@@H](C)[C@@H]2CC(=O)[C@H](C)/C=C(\C)[C@@H](O)C(O)C(=O)[C@H](C)C[C@H](C)/C=C/C=C/C=C(\C)[C@@H](OC)C[C@@H]3CC[C@@H](C)[C@@](O)(O3)C(=O)C(=O)N3CCCC[C@H]3C(=O)O2)C[C@H]1OC. The summed E-state index contributed by atoms with van der Waals surface area (Å²) in [6.45, 7) is 16.0. The van der Waals surface area contributed by atoms with Gasteiger partial charge in [-0.3, -0.25) is 19.2 Å². The summed E-state index contributed by atoms with van der Waals surface area (Å²) < 4.78 is 35.8. The topological polar surface area (TPSA) is 205 Å². The predicted molar refractivity (Wildman–Crippen MR) is 261 cm³/mol. The molecule has 0 aromatic heterocycles. The highest BCUT2D eigenvalue weighted by Crippen LogP contribution is 2.38. The number of aliphatic hydroxyl groups is 3. The number of allylic oxidation sites excluding steroid dienone is 6. The molecule has 0 aromatic rings. The number of ether oxygens (including phenoxy) is 6. The van der Waals surface area contributed by atoms with Crippen LogP contribution in [-0.4, -0.2) is 145 Å². The van der Waals surface area contributed by atoms with Crippen LogP contribution in [0.3, 0.4) is 0 Å². The van der Waals surface area contributed by atoms with E-state index in [0.717, 1.165) is 18.4 Å². The summed E-state index contributed by atoms with van der Waals surface area (Å²) in [5, 5.41) is 34.2. The standard InChI is InChI=1S/C54H85NO14/c1-11-66-25-26-67-44-23-21-40(30-47(44)65-10)29-36(5)46-32-43(56)35(4)28-38(7)49(58)50(59)48(57)37(6)27-33(2)17-13-12-14-18-34(3)45(64-9)31-41-22-20-39(8)54(63,69-41)51(60)52(61)55-24-16-15-19-42(55)53(62)68-46/h12-14,17-18,28,33,35-37,39-42,44-47,49-50,58-59,63H,11,15-16,19-27,29-32H2,1-10H3/b14-12+,17-13+,34-18+,38-28+/t33-,35-,36-,37-,39-,40+,41+,42+,44-,45+,46+,47-,49-,50?,54-/m1/s1. The monoisotopic (exact) mass is 972 g/mol. The van der Waals surface area contributed by atoms with Crippen LogP contribution in [-0.2, 0) is 52.4 Å². The highest BCUT2D eigenvalue weighted by atomic mass is 16.6. The first-order valence-electron chi connectivity index (χ1n) is 25.6. The molecule has 1 amide bonds. The molecule has 0 radical (unpaired) electrons. The second-order valence-electron chi connectivity index (χ2n) is 20.4. The molecule has 3 fully saturated rings. The van der Waals surface area contributed by atoms with E-state index in [0.29, 0.717) is 71.2 Å². The number of esters is 1. The molecular formula is C54H85NO14. The van der Waals surface area contributed by atoms with Gasteiger partial charge in [-0.25, -0.2) is 4.79 Å². The van der Waals surface area contributed by atoms with E-state index >= 15 is 0 Å². The summed E-state index contributed by atoms with van der Waals surface area (Å²) >= 11 is 0. The summed E-state index contributed by atoms with van der Waals surface area (Å²) in [6, 6.07) is -1.15. The van der Waals surface area contributed by atoms with E-state index in [-0.39, 0.29) is 60.7 Å². The lowest BCUT2D eigenvalue weighted by molar-refractivity contribution is -0.265. The Morgan fingerprint density at radius 2 is 1.58 bits per heavy atom. The zero-order chi connectivity index (χ0) is 51.0. The van der Waals surface area contributed by atoms with Crippen molar-refractivity contribution in [1.29, 1.82) is 0 Å². The van der Waals surface area contributed by atoms with Crippen LogP contribution in [0.15, 0.2) is 47.6 Å². The molecule has 15 nitrogen and oxygen atoms in total. The average molecular weight is 972 g/mol. The Morgan fingerprint density at radius 1 is 0.841 bits per heavy atom. The molecule has 3 aliphatic heterocycles. The Kier molecular flexibility index (Phi) is 23.6. The van der Waals surface area contributed by atoms with E-state index in [1.54, 1.807) is 41.9 Å². The number of hydrogen-bond acceptors (Lipinski definition) is 14. The lowest BCUT2D eigenvalue weighted by Crippen LogP contribution is -2.61.